The Bertz CT molecular complexity index is 704. The van der Waals surface area contributed by atoms with E-state index in [-0.39, 0.29) is 17.3 Å². The van der Waals surface area contributed by atoms with Crippen molar-refractivity contribution < 1.29 is 24.6 Å². The highest BCUT2D eigenvalue weighted by molar-refractivity contribution is 7.99. The summed E-state index contributed by atoms with van der Waals surface area (Å²) in [4.78, 5) is 33.5. The Morgan fingerprint density at radius 1 is 0.654 bits per heavy atom. The lowest BCUT2D eigenvalue weighted by atomic mass is 10.0. The predicted octanol–water partition coefficient (Wildman–Crippen LogP) is 3.55. The zero-order valence-electron chi connectivity index (χ0n) is 13.9. The summed E-state index contributed by atoms with van der Waals surface area (Å²) in [6.45, 7) is 0. The van der Waals surface area contributed by atoms with Crippen LogP contribution < -0.4 is 0 Å². The molecule has 0 heterocycles. The number of benzene rings is 2. The van der Waals surface area contributed by atoms with Crippen LogP contribution in [-0.4, -0.2) is 39.4 Å². The number of carboxylic acid groups (broad SMARTS) is 2. The monoisotopic (exact) mass is 390 g/mol. The Hall–Kier alpha value is -2.25. The summed E-state index contributed by atoms with van der Waals surface area (Å²) in [7, 11) is 0. The van der Waals surface area contributed by atoms with Crippen LogP contribution in [0.1, 0.15) is 27.0 Å². The molecule has 5 nitrogen and oxygen atoms in total. The molecule has 0 aliphatic heterocycles. The van der Waals surface area contributed by atoms with Gasteiger partial charge < -0.3 is 10.2 Å². The summed E-state index contributed by atoms with van der Waals surface area (Å²) in [5, 5.41) is 17.3. The van der Waals surface area contributed by atoms with Crippen molar-refractivity contribution in [3.63, 3.8) is 0 Å². The Morgan fingerprint density at radius 2 is 1.00 bits per heavy atom. The summed E-state index contributed by atoms with van der Waals surface area (Å²) in [5.41, 5.74) is 3.09. The average molecular weight is 390 g/mol. The quantitative estimate of drug-likeness (QED) is 0.599. The molecule has 26 heavy (non-hydrogen) atoms. The lowest BCUT2D eigenvalue weighted by Crippen LogP contribution is -2.02. The Morgan fingerprint density at radius 3 is 1.31 bits per heavy atom. The molecular weight excluding hydrogens is 372 g/mol. The minimum absolute atomic E-state index is 0.0534. The van der Waals surface area contributed by atoms with Gasteiger partial charge in [-0.25, -0.2) is 0 Å². The summed E-state index contributed by atoms with van der Waals surface area (Å²) in [6, 6.07) is 14.3. The molecule has 0 spiro atoms. The van der Waals surface area contributed by atoms with E-state index in [0.717, 1.165) is 11.1 Å². The maximum atomic E-state index is 12.5. The second kappa shape index (κ2) is 10.0. The largest absolute Gasteiger partial charge is 0.481 e. The van der Waals surface area contributed by atoms with Crippen molar-refractivity contribution in [2.24, 2.45) is 0 Å². The van der Waals surface area contributed by atoms with E-state index in [4.69, 9.17) is 10.2 Å². The van der Waals surface area contributed by atoms with Crippen LogP contribution in [0.5, 0.6) is 0 Å². The van der Waals surface area contributed by atoms with E-state index < -0.39 is 11.9 Å². The first kappa shape index (κ1) is 20.1. The van der Waals surface area contributed by atoms with Crippen LogP contribution in [-0.2, 0) is 21.1 Å². The maximum Gasteiger partial charge on any atom is 0.313 e. The average Bonchev–Trinajstić information content (AvgIpc) is 2.62. The van der Waals surface area contributed by atoms with Crippen LogP contribution in [0.25, 0.3) is 0 Å². The molecule has 0 amide bonds. The van der Waals surface area contributed by atoms with Crippen molar-refractivity contribution >= 4 is 41.2 Å². The maximum absolute atomic E-state index is 12.5. The molecule has 0 atom stereocenters. The highest BCUT2D eigenvalue weighted by Crippen LogP contribution is 2.17. The lowest BCUT2D eigenvalue weighted by molar-refractivity contribution is -0.134. The molecule has 0 unspecified atom stereocenters. The molecule has 7 heteroatoms. The molecule has 2 N–H and O–H groups in total. The second-order valence-corrected chi connectivity index (χ2v) is 7.47. The van der Waals surface area contributed by atoms with Gasteiger partial charge >= 0.3 is 11.9 Å². The molecule has 2 rings (SSSR count). The number of thioether (sulfide) groups is 2. The molecule has 0 aromatic heterocycles. The summed E-state index contributed by atoms with van der Waals surface area (Å²) < 4.78 is 0. The van der Waals surface area contributed by atoms with Crippen molar-refractivity contribution in [2.75, 3.05) is 11.5 Å². The summed E-state index contributed by atoms with van der Waals surface area (Å²) in [5.74, 6) is -0.486. The van der Waals surface area contributed by atoms with Gasteiger partial charge in [0, 0.05) is 22.6 Å². The third-order valence-electron chi connectivity index (χ3n) is 3.42. The molecule has 0 bridgehead atoms. The van der Waals surface area contributed by atoms with Gasteiger partial charge in [0.1, 0.15) is 0 Å². The van der Waals surface area contributed by atoms with E-state index in [2.05, 4.69) is 0 Å². The van der Waals surface area contributed by atoms with E-state index in [1.54, 1.807) is 24.3 Å². The van der Waals surface area contributed by atoms with E-state index in [0.29, 0.717) is 22.6 Å². The Balaban J connectivity index is 1.93. The van der Waals surface area contributed by atoms with Crippen molar-refractivity contribution in [3.8, 4) is 0 Å². The van der Waals surface area contributed by atoms with Crippen molar-refractivity contribution in [3.05, 3.63) is 70.8 Å². The molecule has 0 saturated carbocycles. The zero-order chi connectivity index (χ0) is 18.9. The molecule has 0 aliphatic rings. The minimum Gasteiger partial charge on any atom is -0.481 e. The third kappa shape index (κ3) is 6.57. The first-order valence-corrected chi connectivity index (χ1v) is 10.1. The molecule has 136 valence electrons. The number of hydrogen-bond acceptors (Lipinski definition) is 5. The topological polar surface area (TPSA) is 91.7 Å². The van der Waals surface area contributed by atoms with Gasteiger partial charge in [0.2, 0.25) is 0 Å². The number of carboxylic acids is 2. The lowest BCUT2D eigenvalue weighted by Gasteiger charge is -2.05. The van der Waals surface area contributed by atoms with Crippen LogP contribution >= 0.6 is 23.5 Å². The number of ketones is 1. The summed E-state index contributed by atoms with van der Waals surface area (Å²) in [6.07, 6.45) is 0. The summed E-state index contributed by atoms with van der Waals surface area (Å²) >= 11 is 2.62. The van der Waals surface area contributed by atoms with E-state index in [9.17, 15) is 14.4 Å². The molecular formula is C19H18O5S2. The van der Waals surface area contributed by atoms with Gasteiger partial charge in [0.15, 0.2) is 5.78 Å². The molecule has 2 aromatic carbocycles. The highest BCUT2D eigenvalue weighted by Gasteiger charge is 2.09. The Kier molecular flexibility index (Phi) is 7.74. The molecule has 0 aliphatic carbocycles. The fourth-order valence-corrected chi connectivity index (χ4v) is 3.59. The van der Waals surface area contributed by atoms with Crippen molar-refractivity contribution in [1.82, 2.24) is 0 Å². The van der Waals surface area contributed by atoms with E-state index in [1.165, 1.54) is 23.5 Å². The van der Waals surface area contributed by atoms with Crippen molar-refractivity contribution in [2.45, 2.75) is 11.5 Å². The number of aliphatic carboxylic acids is 2. The van der Waals surface area contributed by atoms with E-state index >= 15 is 0 Å². The first-order valence-electron chi connectivity index (χ1n) is 7.77. The number of hydrogen-bond donors (Lipinski definition) is 2. The fourth-order valence-electron chi connectivity index (χ4n) is 2.18. The van der Waals surface area contributed by atoms with Crippen LogP contribution in [0, 0.1) is 0 Å². The smallest absolute Gasteiger partial charge is 0.313 e. The van der Waals surface area contributed by atoms with Gasteiger partial charge in [-0.3, -0.25) is 14.4 Å². The molecule has 0 saturated heterocycles. The van der Waals surface area contributed by atoms with E-state index in [1.807, 2.05) is 24.3 Å². The third-order valence-corrected chi connectivity index (χ3v) is 5.40. The van der Waals surface area contributed by atoms with Crippen LogP contribution in [0.3, 0.4) is 0 Å². The van der Waals surface area contributed by atoms with Gasteiger partial charge in [-0.2, -0.15) is 0 Å². The fraction of sp³-hybridized carbons (Fsp3) is 0.211. The van der Waals surface area contributed by atoms with Crippen LogP contribution in [0.4, 0.5) is 0 Å². The first-order chi connectivity index (χ1) is 12.5. The van der Waals surface area contributed by atoms with Crippen LogP contribution in [0.15, 0.2) is 48.5 Å². The number of rotatable bonds is 10. The van der Waals surface area contributed by atoms with Gasteiger partial charge in [-0.1, -0.05) is 48.5 Å². The molecule has 0 fully saturated rings. The van der Waals surface area contributed by atoms with Gasteiger partial charge in [0.05, 0.1) is 11.5 Å². The number of carbonyl (C=O) groups is 3. The standard InChI is InChI=1S/C19H18O5S2/c20-17(21)11-25-9-13-1-5-15(6-2-13)19(24)16-7-3-14(4-8-16)10-26-12-18(22)23/h1-8H,9-12H2,(H,20,21)(H,22,23). The Labute approximate surface area is 159 Å². The highest BCUT2D eigenvalue weighted by atomic mass is 32.2. The SMILES string of the molecule is O=C(O)CSCc1ccc(C(=O)c2ccc(CSCC(=O)O)cc2)cc1. The second-order valence-electron chi connectivity index (χ2n) is 5.50. The number of carbonyl (C=O) groups excluding carboxylic acids is 1. The van der Waals surface area contributed by atoms with Crippen molar-refractivity contribution in [1.29, 1.82) is 0 Å². The van der Waals surface area contributed by atoms with Gasteiger partial charge in [0.25, 0.3) is 0 Å². The zero-order valence-corrected chi connectivity index (χ0v) is 15.5. The minimum atomic E-state index is -0.841. The molecule has 2 aromatic rings. The predicted molar refractivity (Wildman–Crippen MR) is 104 cm³/mol. The van der Waals surface area contributed by atoms with Gasteiger partial charge in [-0.15, -0.1) is 23.5 Å². The normalized spacial score (nSPS) is 10.5. The van der Waals surface area contributed by atoms with Gasteiger partial charge in [-0.05, 0) is 11.1 Å². The van der Waals surface area contributed by atoms with Crippen LogP contribution in [0.2, 0.25) is 0 Å². The molecule has 0 radical (unpaired) electrons.